The molecule has 2 aliphatic carbocycles. The maximum Gasteiger partial charge on any atom is 0.269 e. The summed E-state index contributed by atoms with van der Waals surface area (Å²) in [6.45, 7) is -1.04. The number of amides is 2. The number of aliphatic hydroxyl groups excluding tert-OH is 3. The number of halogens is 4. The molecular weight excluding hydrogens is 824 g/mol. The molecule has 4 rings (SSSR count). The molecule has 0 aromatic heterocycles. The molecule has 0 saturated carbocycles. The Labute approximate surface area is 272 Å². The van der Waals surface area contributed by atoms with Gasteiger partial charge in [0.15, 0.2) is 17.0 Å². The van der Waals surface area contributed by atoms with E-state index in [-0.39, 0.29) is 24.3 Å². The minimum absolute atomic E-state index is 0.0717. The summed E-state index contributed by atoms with van der Waals surface area (Å²) in [4.78, 5) is 48.5. The summed E-state index contributed by atoms with van der Waals surface area (Å²) in [6.07, 6.45) is -1.25. The van der Waals surface area contributed by atoms with Gasteiger partial charge in [-0.15, -0.1) is 0 Å². The van der Waals surface area contributed by atoms with Gasteiger partial charge in [-0.2, -0.15) is 0 Å². The number of nitrogens with zero attached hydrogens (tertiary/aromatic N) is 2. The molecule has 5 atom stereocenters. The van der Waals surface area contributed by atoms with Crippen molar-refractivity contribution in [3.8, 4) is 0 Å². The van der Waals surface area contributed by atoms with E-state index in [0.717, 1.165) is 0 Å². The number of nitrogens with one attached hydrogen (secondary N) is 2. The smallest absolute Gasteiger partial charge is 0.269 e. The van der Waals surface area contributed by atoms with Gasteiger partial charge < -0.3 is 45.1 Å². The van der Waals surface area contributed by atoms with Crippen molar-refractivity contribution < 1.29 is 48.9 Å². The van der Waals surface area contributed by atoms with Gasteiger partial charge in [-0.25, -0.2) is 0 Å². The van der Waals surface area contributed by atoms with Gasteiger partial charge >= 0.3 is 0 Å². The highest BCUT2D eigenvalue weighted by Crippen LogP contribution is 2.45. The van der Waals surface area contributed by atoms with E-state index in [0.29, 0.717) is 29.4 Å². The van der Waals surface area contributed by atoms with Gasteiger partial charge in [0.25, 0.3) is 11.8 Å². The van der Waals surface area contributed by atoms with Crippen molar-refractivity contribution in [3.63, 3.8) is 0 Å². The van der Waals surface area contributed by atoms with Gasteiger partial charge in [-0.05, 0) is 75.9 Å². The normalized spacial score (nSPS) is 29.3. The number of hydrogen-bond donors (Lipinski definition) is 5. The van der Waals surface area contributed by atoms with E-state index in [2.05, 4.69) is 84.7 Å². The molecule has 228 valence electrons. The molecule has 2 aliphatic heterocycles. The molecule has 42 heavy (non-hydrogen) atoms. The Balaban J connectivity index is 1.25. The molecule has 5 unspecified atom stereocenters. The topological polar surface area (TPSA) is 198 Å². The number of rotatable bonds is 9. The number of ketones is 1. The van der Waals surface area contributed by atoms with Gasteiger partial charge in [-0.3, -0.25) is 14.4 Å². The molecule has 2 heterocycles. The molecule has 0 aromatic carbocycles. The highest BCUT2D eigenvalue weighted by Gasteiger charge is 2.52. The maximum absolute atomic E-state index is 12.6. The van der Waals surface area contributed by atoms with Crippen LogP contribution in [-0.4, -0.2) is 101 Å². The predicted octanol–water partition coefficient (Wildman–Crippen LogP) is 0.991. The molecule has 5 N–H and O–H groups in total. The van der Waals surface area contributed by atoms with Gasteiger partial charge in [0.2, 0.25) is 0 Å². The van der Waals surface area contributed by atoms with Crippen molar-refractivity contribution in [2.45, 2.75) is 42.4 Å². The third kappa shape index (κ3) is 6.11. The third-order valence-corrected chi connectivity index (χ3v) is 9.50. The van der Waals surface area contributed by atoms with Crippen LogP contribution in [0, 0.1) is 0 Å². The Bertz CT molecular complexity index is 1390. The quantitative estimate of drug-likeness (QED) is 0.223. The number of allylic oxidation sites excluding steroid dienone is 2. The molecule has 0 radical (unpaired) electrons. The van der Waals surface area contributed by atoms with E-state index in [1.807, 2.05) is 0 Å². The summed E-state index contributed by atoms with van der Waals surface area (Å²) in [7, 11) is 2.86. The van der Waals surface area contributed by atoms with Gasteiger partial charge in [0, 0.05) is 12.8 Å². The van der Waals surface area contributed by atoms with E-state index in [9.17, 15) is 29.7 Å². The molecule has 14 nitrogen and oxygen atoms in total. The monoisotopic (exact) mass is 844 g/mol. The van der Waals surface area contributed by atoms with Crippen molar-refractivity contribution in [2.24, 2.45) is 10.3 Å². The second-order valence-electron chi connectivity index (χ2n) is 9.45. The fraction of sp³-hybridized carbons (Fsp3) is 0.458. The number of carbonyl (C=O) groups excluding carboxylic acids is 3. The van der Waals surface area contributed by atoms with Crippen LogP contribution < -0.4 is 10.6 Å². The van der Waals surface area contributed by atoms with E-state index < -0.39 is 60.2 Å². The number of methoxy groups -OCH3 is 2. The molecule has 2 amide bonds. The van der Waals surface area contributed by atoms with Crippen LogP contribution in [0.15, 0.2) is 51.9 Å². The number of oxime groups is 2. The van der Waals surface area contributed by atoms with Gasteiger partial charge in [-0.1, -0.05) is 10.3 Å². The van der Waals surface area contributed by atoms with E-state index in [1.165, 1.54) is 26.4 Å². The van der Waals surface area contributed by atoms with Crippen LogP contribution in [0.5, 0.6) is 0 Å². The zero-order valence-electron chi connectivity index (χ0n) is 21.8. The average molecular weight is 848 g/mol. The average Bonchev–Trinajstić information content (AvgIpc) is 3.58. The van der Waals surface area contributed by atoms with E-state index in [4.69, 9.17) is 19.1 Å². The molecule has 2 spiro atoms. The summed E-state index contributed by atoms with van der Waals surface area (Å²) in [6, 6.07) is 0. The lowest BCUT2D eigenvalue weighted by molar-refractivity contribution is -0.128. The van der Waals surface area contributed by atoms with Gasteiger partial charge in [0.1, 0.15) is 41.3 Å². The Morgan fingerprint density at radius 3 is 1.76 bits per heavy atom. The Hall–Kier alpha value is -2.09. The lowest BCUT2D eigenvalue weighted by Crippen LogP contribution is -2.47. The lowest BCUT2D eigenvalue weighted by atomic mass is 9.87. The molecular formula is C24H24Br4N4O10. The van der Waals surface area contributed by atoms with Crippen molar-refractivity contribution in [1.29, 1.82) is 0 Å². The zero-order chi connectivity index (χ0) is 31.0. The first kappa shape index (κ1) is 32.8. The van der Waals surface area contributed by atoms with Crippen molar-refractivity contribution >= 4 is 92.7 Å². The van der Waals surface area contributed by atoms with Crippen molar-refractivity contribution in [3.05, 3.63) is 41.6 Å². The largest absolute Gasteiger partial charge is 0.495 e. The fourth-order valence-electron chi connectivity index (χ4n) is 4.43. The summed E-state index contributed by atoms with van der Waals surface area (Å²) in [5, 5.41) is 43.9. The first-order chi connectivity index (χ1) is 19.8. The molecule has 0 fully saturated rings. The highest BCUT2D eigenvalue weighted by atomic mass is 79.9. The highest BCUT2D eigenvalue weighted by molar-refractivity contribution is 9.12. The third-order valence-electron chi connectivity index (χ3n) is 6.74. The number of Topliss-reactive ketones (excluding diaryl/α,β-unsaturated/α-hetero) is 1. The molecule has 4 aliphatic rings. The summed E-state index contributed by atoms with van der Waals surface area (Å²) in [5.74, 6) is -1.53. The van der Waals surface area contributed by atoms with Crippen LogP contribution >= 0.6 is 63.7 Å². The first-order valence-electron chi connectivity index (χ1n) is 12.1. The van der Waals surface area contributed by atoms with Crippen LogP contribution in [0.1, 0.15) is 12.8 Å². The van der Waals surface area contributed by atoms with Crippen LogP contribution in [-0.2, 0) is 33.5 Å². The van der Waals surface area contributed by atoms with Gasteiger partial charge in [0.05, 0.1) is 45.2 Å². The Morgan fingerprint density at radius 2 is 1.33 bits per heavy atom. The molecule has 18 heteroatoms. The standard InChI is InChI=1S/C24H24Br4N4O10/c1-39-17-9(25)3-23(19(35)15(17)27)5-11(31-41-23)21(37)29-7-13(33)14(34)8-30-22(38)12-6-24(42-32-12)4-10(26)18(40-2)16(28)20(24)36/h3-4,13,19-20,33,35-36H,5-8H2,1-2H3,(H,29,37)(H,30,38). The van der Waals surface area contributed by atoms with Crippen LogP contribution in [0.4, 0.5) is 0 Å². The Morgan fingerprint density at radius 1 is 0.905 bits per heavy atom. The summed E-state index contributed by atoms with van der Waals surface area (Å²) < 4.78 is 12.0. The second-order valence-corrected chi connectivity index (χ2v) is 12.9. The fourth-order valence-corrected chi connectivity index (χ4v) is 8.01. The van der Waals surface area contributed by atoms with Crippen LogP contribution in [0.2, 0.25) is 0 Å². The SMILES string of the molecule is COC1=C(Br)C(O)C2(C=C1Br)CC(C(=O)NCC(=O)C(O)CNC(=O)C1=NOC3(C=C(Br)C(OC)=C(Br)C3O)C1)=NO2. The number of carbonyl (C=O) groups is 3. The Kier molecular flexibility index (Phi) is 10.1. The van der Waals surface area contributed by atoms with Crippen molar-refractivity contribution in [2.75, 3.05) is 27.3 Å². The molecule has 0 saturated heterocycles. The number of ether oxygens (including phenoxy) is 2. The van der Waals surface area contributed by atoms with Crippen molar-refractivity contribution in [1.82, 2.24) is 10.6 Å². The summed E-state index contributed by atoms with van der Waals surface area (Å²) >= 11 is 13.2. The lowest BCUT2D eigenvalue weighted by Gasteiger charge is -2.33. The second kappa shape index (κ2) is 12.9. The van der Waals surface area contributed by atoms with E-state index >= 15 is 0 Å². The van der Waals surface area contributed by atoms with Crippen LogP contribution in [0.3, 0.4) is 0 Å². The first-order valence-corrected chi connectivity index (χ1v) is 15.2. The number of aliphatic hydroxyl groups is 3. The predicted molar refractivity (Wildman–Crippen MR) is 161 cm³/mol. The van der Waals surface area contributed by atoms with Crippen LogP contribution in [0.25, 0.3) is 0 Å². The number of hydrogen-bond acceptors (Lipinski definition) is 12. The minimum Gasteiger partial charge on any atom is -0.495 e. The zero-order valence-corrected chi connectivity index (χ0v) is 28.2. The van der Waals surface area contributed by atoms with E-state index in [1.54, 1.807) is 0 Å². The summed E-state index contributed by atoms with van der Waals surface area (Å²) in [5.41, 5.74) is -2.89. The molecule has 0 bridgehead atoms. The molecule has 0 aromatic rings. The minimum atomic E-state index is -1.65. The maximum atomic E-state index is 12.6.